The molecular formula is C24H20Br4N6. The van der Waals surface area contributed by atoms with Crippen molar-refractivity contribution in [1.29, 1.82) is 0 Å². The molecule has 174 valence electrons. The van der Waals surface area contributed by atoms with E-state index in [1.165, 1.54) is 0 Å². The first kappa shape index (κ1) is 26.2. The third-order valence-electron chi connectivity index (χ3n) is 4.63. The zero-order chi connectivity index (χ0) is 24.8. The maximum atomic E-state index is 5.88. The van der Waals surface area contributed by atoms with E-state index in [-0.39, 0.29) is 0 Å². The highest BCUT2D eigenvalue weighted by atomic mass is 79.9. The molecular weight excluding hydrogens is 692 g/mol. The fourth-order valence-electron chi connectivity index (χ4n) is 2.77. The van der Waals surface area contributed by atoms with Crippen LogP contribution in [-0.4, -0.2) is 0 Å². The van der Waals surface area contributed by atoms with E-state index in [0.29, 0.717) is 34.1 Å². The highest BCUT2D eigenvalue weighted by Gasteiger charge is 2.09. The topological polar surface area (TPSA) is 129 Å². The molecule has 0 spiro atoms. The van der Waals surface area contributed by atoms with Crippen LogP contribution in [0.1, 0.15) is 0 Å². The van der Waals surface area contributed by atoms with E-state index >= 15 is 0 Å². The summed E-state index contributed by atoms with van der Waals surface area (Å²) < 4.78 is 3.43. The summed E-state index contributed by atoms with van der Waals surface area (Å²) in [5.74, 6) is 0. The smallest absolute Gasteiger partial charge is 0.109 e. The van der Waals surface area contributed by atoms with Crippen LogP contribution in [0.3, 0.4) is 0 Å². The lowest BCUT2D eigenvalue weighted by molar-refractivity contribution is 1.23. The van der Waals surface area contributed by atoms with E-state index in [4.69, 9.17) is 22.9 Å². The van der Waals surface area contributed by atoms with Crippen LogP contribution < -0.4 is 22.9 Å². The molecule has 8 N–H and O–H groups in total. The van der Waals surface area contributed by atoms with E-state index in [1.54, 1.807) is 24.3 Å². The molecule has 0 aliphatic heterocycles. The van der Waals surface area contributed by atoms with E-state index in [0.717, 1.165) is 29.0 Å². The summed E-state index contributed by atoms with van der Waals surface area (Å²) in [5, 5.41) is 8.11. The summed E-state index contributed by atoms with van der Waals surface area (Å²) in [4.78, 5) is 0. The molecule has 0 heterocycles. The van der Waals surface area contributed by atoms with Gasteiger partial charge in [-0.2, -0.15) is 0 Å². The Bertz CT molecular complexity index is 1210. The summed E-state index contributed by atoms with van der Waals surface area (Å²) in [7, 11) is 0. The van der Waals surface area contributed by atoms with Crippen LogP contribution in [0.2, 0.25) is 0 Å². The monoisotopic (exact) mass is 708 g/mol. The average molecular weight is 712 g/mol. The molecule has 0 saturated heterocycles. The van der Waals surface area contributed by atoms with Crippen molar-refractivity contribution >= 4 is 97.8 Å². The van der Waals surface area contributed by atoms with Gasteiger partial charge in [0, 0.05) is 17.9 Å². The van der Waals surface area contributed by atoms with Crippen molar-refractivity contribution in [2.45, 2.75) is 0 Å². The lowest BCUT2D eigenvalue weighted by Gasteiger charge is -2.10. The Morgan fingerprint density at radius 2 is 0.765 bits per heavy atom. The molecule has 10 heteroatoms. The van der Waals surface area contributed by atoms with Crippen LogP contribution in [0.25, 0.3) is 11.1 Å². The molecule has 0 amide bonds. The van der Waals surface area contributed by atoms with Gasteiger partial charge in [-0.3, -0.25) is 0 Å². The predicted molar refractivity (Wildman–Crippen MR) is 157 cm³/mol. The van der Waals surface area contributed by atoms with E-state index in [1.807, 2.05) is 48.5 Å². The van der Waals surface area contributed by atoms with Gasteiger partial charge in [-0.15, -0.1) is 10.2 Å². The van der Waals surface area contributed by atoms with Gasteiger partial charge in [0.25, 0.3) is 0 Å². The van der Waals surface area contributed by atoms with Gasteiger partial charge in [0.1, 0.15) is 11.4 Å². The molecule has 0 aliphatic rings. The molecule has 0 unspecified atom stereocenters. The number of para-hydroxylation sites is 2. The number of nitrogens with zero attached hydrogens (tertiary/aromatic N) is 2. The molecule has 34 heavy (non-hydrogen) atoms. The van der Waals surface area contributed by atoms with Gasteiger partial charge in [0.2, 0.25) is 0 Å². The number of nitrogens with two attached hydrogens (primary N) is 4. The molecule has 4 aromatic carbocycles. The number of nitrogen functional groups attached to an aromatic ring is 4. The quantitative estimate of drug-likeness (QED) is 0.125. The maximum Gasteiger partial charge on any atom is 0.109 e. The van der Waals surface area contributed by atoms with Crippen molar-refractivity contribution < 1.29 is 0 Å². The summed E-state index contributed by atoms with van der Waals surface area (Å²) in [6.07, 6.45) is 0. The Kier molecular flexibility index (Phi) is 9.12. The average Bonchev–Trinajstić information content (AvgIpc) is 2.81. The Labute approximate surface area is 231 Å². The Hall–Kier alpha value is -2.40. The van der Waals surface area contributed by atoms with Crippen molar-refractivity contribution in [2.75, 3.05) is 22.9 Å². The molecule has 4 rings (SSSR count). The third-order valence-corrected chi connectivity index (χ3v) is 7.25. The van der Waals surface area contributed by atoms with Crippen LogP contribution >= 0.6 is 63.7 Å². The fraction of sp³-hybridized carbons (Fsp3) is 0. The van der Waals surface area contributed by atoms with Gasteiger partial charge in [-0.25, -0.2) is 0 Å². The normalized spacial score (nSPS) is 10.7. The molecule has 0 radical (unpaired) electrons. The SMILES string of the molecule is Nc1c(Br)cc(-c2cc(Br)c(N)c(Br)c2)cc1Br.Nc1ccccc1N=Nc1ccccc1N. The van der Waals surface area contributed by atoms with Crippen molar-refractivity contribution in [3.63, 3.8) is 0 Å². The third kappa shape index (κ3) is 6.59. The number of hydrogen-bond donors (Lipinski definition) is 4. The second kappa shape index (κ2) is 11.8. The fourth-order valence-corrected chi connectivity index (χ4v) is 5.14. The van der Waals surface area contributed by atoms with Gasteiger partial charge in [-0.05, 0) is 123 Å². The largest absolute Gasteiger partial charge is 0.397 e. The maximum absolute atomic E-state index is 5.88. The number of azo groups is 1. The summed E-state index contributed by atoms with van der Waals surface area (Å²) in [5.41, 5.74) is 29.2. The first-order valence-electron chi connectivity index (χ1n) is 9.77. The summed E-state index contributed by atoms with van der Waals surface area (Å²) in [6.45, 7) is 0. The zero-order valence-electron chi connectivity index (χ0n) is 17.6. The minimum atomic E-state index is 0.598. The van der Waals surface area contributed by atoms with Gasteiger partial charge in [-0.1, -0.05) is 24.3 Å². The number of benzene rings is 4. The first-order valence-corrected chi connectivity index (χ1v) is 12.9. The molecule has 0 saturated carbocycles. The minimum Gasteiger partial charge on any atom is -0.397 e. The van der Waals surface area contributed by atoms with Crippen LogP contribution in [0, 0.1) is 0 Å². The molecule has 6 nitrogen and oxygen atoms in total. The molecule has 0 atom stereocenters. The van der Waals surface area contributed by atoms with Crippen molar-refractivity contribution in [3.8, 4) is 11.1 Å². The first-order chi connectivity index (χ1) is 16.2. The predicted octanol–water partition coefficient (Wildman–Crippen LogP) is 8.83. The van der Waals surface area contributed by atoms with E-state index < -0.39 is 0 Å². The van der Waals surface area contributed by atoms with E-state index in [9.17, 15) is 0 Å². The number of halogens is 4. The van der Waals surface area contributed by atoms with Gasteiger partial charge in [0.15, 0.2) is 0 Å². The molecule has 4 aromatic rings. The number of hydrogen-bond acceptors (Lipinski definition) is 6. The molecule has 0 aliphatic carbocycles. The highest BCUT2D eigenvalue weighted by molar-refractivity contribution is 9.11. The Morgan fingerprint density at radius 3 is 1.06 bits per heavy atom. The van der Waals surface area contributed by atoms with Crippen molar-refractivity contribution in [1.82, 2.24) is 0 Å². The molecule has 0 fully saturated rings. The van der Waals surface area contributed by atoms with E-state index in [2.05, 4.69) is 73.9 Å². The summed E-state index contributed by atoms with van der Waals surface area (Å²) >= 11 is 13.8. The standard InChI is InChI=1S/C12H8Br4N2.C12H12N4/c13-7-1-5(2-8(14)11(7)17)6-3-9(15)12(18)10(16)4-6;13-9-5-1-3-7-11(9)15-16-12-8-4-2-6-10(12)14/h1-4H,17-18H2;1-8H,13-14H2. The number of anilines is 4. The van der Waals surface area contributed by atoms with Gasteiger partial charge in [0.05, 0.1) is 22.7 Å². The van der Waals surface area contributed by atoms with Crippen LogP contribution in [-0.2, 0) is 0 Å². The van der Waals surface area contributed by atoms with Gasteiger partial charge < -0.3 is 22.9 Å². The Morgan fingerprint density at radius 1 is 0.471 bits per heavy atom. The highest BCUT2D eigenvalue weighted by Crippen LogP contribution is 2.38. The van der Waals surface area contributed by atoms with Gasteiger partial charge >= 0.3 is 0 Å². The second-order valence-electron chi connectivity index (χ2n) is 7.02. The molecule has 0 aromatic heterocycles. The zero-order valence-corrected chi connectivity index (χ0v) is 24.0. The van der Waals surface area contributed by atoms with Crippen LogP contribution in [0.15, 0.2) is 101 Å². The van der Waals surface area contributed by atoms with Crippen LogP contribution in [0.4, 0.5) is 34.1 Å². The lowest BCUT2D eigenvalue weighted by Crippen LogP contribution is -1.92. The lowest BCUT2D eigenvalue weighted by atomic mass is 10.1. The van der Waals surface area contributed by atoms with Crippen molar-refractivity contribution in [3.05, 3.63) is 90.7 Å². The van der Waals surface area contributed by atoms with Crippen molar-refractivity contribution in [2.24, 2.45) is 10.2 Å². The minimum absolute atomic E-state index is 0.598. The second-order valence-corrected chi connectivity index (χ2v) is 10.4. The number of rotatable bonds is 3. The summed E-state index contributed by atoms with van der Waals surface area (Å²) in [6, 6.07) is 22.5. The Balaban J connectivity index is 0.000000192. The van der Waals surface area contributed by atoms with Crippen LogP contribution in [0.5, 0.6) is 0 Å². The molecule has 0 bridgehead atoms.